The largest absolute Gasteiger partial charge is 0.495 e. The highest BCUT2D eigenvalue weighted by Gasteiger charge is 2.08. The van der Waals surface area contributed by atoms with Crippen molar-refractivity contribution in [1.82, 2.24) is 5.32 Å². The van der Waals surface area contributed by atoms with Crippen LogP contribution in [0.25, 0.3) is 0 Å². The molecule has 0 unspecified atom stereocenters. The van der Waals surface area contributed by atoms with Crippen LogP contribution >= 0.6 is 0 Å². The van der Waals surface area contributed by atoms with Crippen LogP contribution in [-0.2, 0) is 16.0 Å². The van der Waals surface area contributed by atoms with Crippen molar-refractivity contribution in [3.05, 3.63) is 48.0 Å². The Hall–Kier alpha value is -3.36. The Bertz CT molecular complexity index is 829. The molecule has 0 bridgehead atoms. The fraction of sp³-hybridized carbons (Fsp3) is 0.300. The molecule has 0 spiro atoms. The maximum atomic E-state index is 12.1. The Morgan fingerprint density at radius 1 is 1.10 bits per heavy atom. The number of hydrogen-bond donors (Lipinski definition) is 3. The summed E-state index contributed by atoms with van der Waals surface area (Å²) in [6.45, 7) is -1.05. The maximum Gasteiger partial charge on any atom is 0.387 e. The van der Waals surface area contributed by atoms with Crippen LogP contribution in [0.3, 0.4) is 0 Å². The summed E-state index contributed by atoms with van der Waals surface area (Å²) in [7, 11) is 1.51. The molecule has 0 fully saturated rings. The average Bonchev–Trinajstić information content (AvgIpc) is 2.67. The fourth-order valence-electron chi connectivity index (χ4n) is 2.55. The number of amides is 2. The van der Waals surface area contributed by atoms with Crippen molar-refractivity contribution in [2.45, 2.75) is 20.0 Å². The van der Waals surface area contributed by atoms with Gasteiger partial charge in [-0.1, -0.05) is 12.1 Å². The molecule has 2 rings (SSSR count). The van der Waals surface area contributed by atoms with E-state index in [1.165, 1.54) is 26.2 Å². The van der Waals surface area contributed by atoms with Crippen LogP contribution in [0.5, 0.6) is 11.5 Å². The summed E-state index contributed by atoms with van der Waals surface area (Å²) in [4.78, 5) is 23.2. The van der Waals surface area contributed by atoms with Crippen molar-refractivity contribution in [1.29, 1.82) is 0 Å². The van der Waals surface area contributed by atoms with Crippen molar-refractivity contribution >= 4 is 23.2 Å². The Kier molecular flexibility index (Phi) is 8.20. The second-order valence-corrected chi connectivity index (χ2v) is 6.07. The summed E-state index contributed by atoms with van der Waals surface area (Å²) in [6.07, 6.45) is 0.544. The lowest BCUT2D eigenvalue weighted by atomic mass is 10.1. The Balaban J connectivity index is 1.80. The molecule has 0 aliphatic rings. The minimum absolute atomic E-state index is 0.0149. The molecule has 0 heterocycles. The second-order valence-electron chi connectivity index (χ2n) is 6.07. The second kappa shape index (κ2) is 10.8. The predicted molar refractivity (Wildman–Crippen MR) is 106 cm³/mol. The Labute approximate surface area is 167 Å². The number of ether oxygens (including phenoxy) is 2. The van der Waals surface area contributed by atoms with Gasteiger partial charge >= 0.3 is 6.61 Å². The van der Waals surface area contributed by atoms with Gasteiger partial charge in [0.05, 0.1) is 19.3 Å². The van der Waals surface area contributed by atoms with Crippen molar-refractivity contribution in [2.75, 3.05) is 30.8 Å². The van der Waals surface area contributed by atoms with Crippen LogP contribution < -0.4 is 25.4 Å². The number of nitrogens with one attached hydrogen (secondary N) is 3. The van der Waals surface area contributed by atoms with Crippen molar-refractivity contribution < 1.29 is 27.8 Å². The van der Waals surface area contributed by atoms with E-state index in [4.69, 9.17) is 4.74 Å². The van der Waals surface area contributed by atoms with E-state index >= 15 is 0 Å². The molecule has 0 saturated heterocycles. The zero-order valence-electron chi connectivity index (χ0n) is 16.1. The molecule has 3 N–H and O–H groups in total. The summed E-state index contributed by atoms with van der Waals surface area (Å²) < 4.78 is 33.8. The van der Waals surface area contributed by atoms with Gasteiger partial charge in [-0.25, -0.2) is 0 Å². The highest BCUT2D eigenvalue weighted by atomic mass is 19.3. The summed E-state index contributed by atoms with van der Waals surface area (Å²) in [5, 5.41) is 8.41. The van der Waals surface area contributed by atoms with E-state index in [0.29, 0.717) is 30.1 Å². The van der Waals surface area contributed by atoms with Gasteiger partial charge in [-0.15, -0.1) is 0 Å². The van der Waals surface area contributed by atoms with Crippen molar-refractivity contribution in [3.63, 3.8) is 0 Å². The third kappa shape index (κ3) is 7.65. The molecule has 0 atom stereocenters. The van der Waals surface area contributed by atoms with Gasteiger partial charge in [0.25, 0.3) is 0 Å². The number of anilines is 2. The maximum absolute atomic E-state index is 12.1. The monoisotopic (exact) mass is 407 g/mol. The number of benzene rings is 2. The molecule has 0 aromatic heterocycles. The summed E-state index contributed by atoms with van der Waals surface area (Å²) in [6, 6.07) is 11.3. The minimum atomic E-state index is -2.86. The molecular weight excluding hydrogens is 384 g/mol. The van der Waals surface area contributed by atoms with Crippen LogP contribution in [-0.4, -0.2) is 38.6 Å². The van der Waals surface area contributed by atoms with Gasteiger partial charge < -0.3 is 25.4 Å². The van der Waals surface area contributed by atoms with Crippen LogP contribution in [0.2, 0.25) is 0 Å². The lowest BCUT2D eigenvalue weighted by Gasteiger charge is -2.13. The molecule has 7 nitrogen and oxygen atoms in total. The number of alkyl halides is 2. The zero-order chi connectivity index (χ0) is 21.2. The summed E-state index contributed by atoms with van der Waals surface area (Å²) in [5.41, 5.74) is 2.04. The van der Waals surface area contributed by atoms with E-state index in [1.54, 1.807) is 30.3 Å². The number of methoxy groups -OCH3 is 1. The lowest BCUT2D eigenvalue weighted by molar-refractivity contribution is -0.119. The number of rotatable bonds is 10. The van der Waals surface area contributed by atoms with Gasteiger partial charge in [0.15, 0.2) is 0 Å². The quantitative estimate of drug-likeness (QED) is 0.564. The first-order valence-corrected chi connectivity index (χ1v) is 8.87. The van der Waals surface area contributed by atoms with E-state index < -0.39 is 6.61 Å². The third-order valence-electron chi connectivity index (χ3n) is 3.84. The minimum Gasteiger partial charge on any atom is -0.495 e. The Morgan fingerprint density at radius 3 is 2.45 bits per heavy atom. The predicted octanol–water partition coefficient (Wildman–Crippen LogP) is 3.03. The molecule has 0 radical (unpaired) electrons. The van der Waals surface area contributed by atoms with Gasteiger partial charge in [-0.2, -0.15) is 8.78 Å². The van der Waals surface area contributed by atoms with Crippen LogP contribution in [0.1, 0.15) is 12.5 Å². The van der Waals surface area contributed by atoms with Crippen LogP contribution in [0.4, 0.5) is 20.2 Å². The molecule has 2 aromatic carbocycles. The van der Waals surface area contributed by atoms with Gasteiger partial charge in [0.1, 0.15) is 11.5 Å². The van der Waals surface area contributed by atoms with E-state index in [-0.39, 0.29) is 24.1 Å². The molecular formula is C20H23F2N3O4. The van der Waals surface area contributed by atoms with Crippen LogP contribution in [0, 0.1) is 0 Å². The topological polar surface area (TPSA) is 88.7 Å². The lowest BCUT2D eigenvalue weighted by Crippen LogP contribution is -2.31. The molecule has 2 amide bonds. The zero-order valence-corrected chi connectivity index (χ0v) is 16.1. The first kappa shape index (κ1) is 21.9. The normalized spacial score (nSPS) is 10.4. The molecule has 0 saturated carbocycles. The fourth-order valence-corrected chi connectivity index (χ4v) is 2.55. The van der Waals surface area contributed by atoms with Crippen molar-refractivity contribution in [3.8, 4) is 11.5 Å². The van der Waals surface area contributed by atoms with Gasteiger partial charge in [0, 0.05) is 19.2 Å². The highest BCUT2D eigenvalue weighted by molar-refractivity contribution is 5.90. The number of carbonyl (C=O) groups is 2. The Morgan fingerprint density at radius 2 is 1.83 bits per heavy atom. The molecule has 0 aliphatic heterocycles. The third-order valence-corrected chi connectivity index (χ3v) is 3.84. The highest BCUT2D eigenvalue weighted by Crippen LogP contribution is 2.27. The van der Waals surface area contributed by atoms with Crippen molar-refractivity contribution in [2.24, 2.45) is 0 Å². The molecule has 0 aliphatic carbocycles. The van der Waals surface area contributed by atoms with Crippen LogP contribution in [0.15, 0.2) is 42.5 Å². The SMILES string of the molecule is COc1ccc(NC(C)=O)cc1NCC(=O)NCCc1ccc(OC(F)F)cc1. The van der Waals surface area contributed by atoms with Gasteiger partial charge in [-0.05, 0) is 42.3 Å². The van der Waals surface area contributed by atoms with Gasteiger partial charge in [0.2, 0.25) is 11.8 Å². The molecule has 9 heteroatoms. The first-order chi connectivity index (χ1) is 13.9. The number of hydrogen-bond acceptors (Lipinski definition) is 5. The van der Waals surface area contributed by atoms with E-state index in [1.807, 2.05) is 0 Å². The smallest absolute Gasteiger partial charge is 0.387 e. The van der Waals surface area contributed by atoms with Gasteiger partial charge in [-0.3, -0.25) is 9.59 Å². The first-order valence-electron chi connectivity index (χ1n) is 8.87. The standard InChI is InChI=1S/C20H23F2N3O4/c1-13(26)25-15-5-8-18(28-2)17(11-15)24-12-19(27)23-10-9-14-3-6-16(7-4-14)29-20(21)22/h3-8,11,20,24H,9-10,12H2,1-2H3,(H,23,27)(H,25,26). The average molecular weight is 407 g/mol. The van der Waals surface area contributed by atoms with E-state index in [0.717, 1.165) is 5.56 Å². The number of halogens is 2. The number of carbonyl (C=O) groups excluding carboxylic acids is 2. The molecule has 156 valence electrons. The molecule has 2 aromatic rings. The molecule has 29 heavy (non-hydrogen) atoms. The van der Waals surface area contributed by atoms with E-state index in [9.17, 15) is 18.4 Å². The summed E-state index contributed by atoms with van der Waals surface area (Å²) >= 11 is 0. The summed E-state index contributed by atoms with van der Waals surface area (Å²) in [5.74, 6) is 0.202. The van der Waals surface area contributed by atoms with E-state index in [2.05, 4.69) is 20.7 Å².